The van der Waals surface area contributed by atoms with Crippen molar-refractivity contribution in [3.05, 3.63) is 29.3 Å². The zero-order valence-electron chi connectivity index (χ0n) is 10.3. The summed E-state index contributed by atoms with van der Waals surface area (Å²) in [5.41, 5.74) is 9.37. The molecule has 1 aromatic rings. The predicted octanol–water partition coefficient (Wildman–Crippen LogP) is 1.16. The molecule has 1 fully saturated rings. The van der Waals surface area contributed by atoms with E-state index in [4.69, 9.17) is 5.73 Å². The largest absolute Gasteiger partial charge is 0.398 e. The molecule has 0 bridgehead atoms. The fourth-order valence-corrected chi connectivity index (χ4v) is 4.44. The van der Waals surface area contributed by atoms with Gasteiger partial charge in [-0.25, -0.2) is 8.42 Å². The molecule has 0 unspecified atom stereocenters. The lowest BCUT2D eigenvalue weighted by atomic mass is 10.1. The Morgan fingerprint density at radius 3 is 2.56 bits per heavy atom. The van der Waals surface area contributed by atoms with Crippen molar-refractivity contribution in [3.63, 3.8) is 0 Å². The van der Waals surface area contributed by atoms with Crippen LogP contribution in [-0.2, 0) is 22.9 Å². The van der Waals surface area contributed by atoms with Crippen LogP contribution in [0.3, 0.4) is 0 Å². The summed E-state index contributed by atoms with van der Waals surface area (Å²) in [6, 6.07) is 6.43. The third-order valence-electron chi connectivity index (χ3n) is 4.08. The van der Waals surface area contributed by atoms with Gasteiger partial charge in [0.15, 0.2) is 0 Å². The Morgan fingerprint density at radius 2 is 1.89 bits per heavy atom. The Morgan fingerprint density at radius 1 is 1.17 bits per heavy atom. The lowest BCUT2D eigenvalue weighted by Crippen LogP contribution is -2.38. The van der Waals surface area contributed by atoms with Gasteiger partial charge in [-0.15, -0.1) is 0 Å². The maximum absolute atomic E-state index is 11.4. The van der Waals surface area contributed by atoms with Gasteiger partial charge in [-0.3, -0.25) is 4.90 Å². The van der Waals surface area contributed by atoms with E-state index in [2.05, 4.69) is 11.0 Å². The summed E-state index contributed by atoms with van der Waals surface area (Å²) in [6.45, 7) is 1.78. The second kappa shape index (κ2) is 4.24. The van der Waals surface area contributed by atoms with Gasteiger partial charge in [-0.1, -0.05) is 12.1 Å². The van der Waals surface area contributed by atoms with Gasteiger partial charge in [0.05, 0.1) is 11.5 Å². The van der Waals surface area contributed by atoms with Crippen molar-refractivity contribution in [1.29, 1.82) is 0 Å². The van der Waals surface area contributed by atoms with Crippen molar-refractivity contribution >= 4 is 15.5 Å². The normalized spacial score (nSPS) is 24.0. The first-order valence-electron chi connectivity index (χ1n) is 6.36. The first-order valence-corrected chi connectivity index (χ1v) is 8.18. The van der Waals surface area contributed by atoms with E-state index in [0.717, 1.165) is 31.6 Å². The van der Waals surface area contributed by atoms with E-state index in [1.165, 1.54) is 11.1 Å². The summed E-state index contributed by atoms with van der Waals surface area (Å²) in [5, 5.41) is 0. The minimum absolute atomic E-state index is 0.333. The zero-order chi connectivity index (χ0) is 12.8. The second-order valence-corrected chi connectivity index (χ2v) is 7.58. The molecule has 0 saturated carbocycles. The van der Waals surface area contributed by atoms with E-state index in [1.807, 2.05) is 12.1 Å². The molecule has 98 valence electrons. The molecular weight excluding hydrogens is 248 g/mol. The lowest BCUT2D eigenvalue weighted by molar-refractivity contribution is 0.186. The lowest BCUT2D eigenvalue weighted by Gasteiger charge is -2.30. The first kappa shape index (κ1) is 12.0. The van der Waals surface area contributed by atoms with E-state index < -0.39 is 9.84 Å². The standard InChI is InChI=1S/C13H18N2O2S/c14-13-3-1-2-10-8-15(9-12(10)13)11-4-6-18(16,17)7-5-11/h1-3,11H,4-9,14H2. The van der Waals surface area contributed by atoms with Crippen LogP contribution in [0, 0.1) is 0 Å². The van der Waals surface area contributed by atoms with Crippen LogP contribution in [0.15, 0.2) is 18.2 Å². The molecule has 3 rings (SSSR count). The highest BCUT2D eigenvalue weighted by atomic mass is 32.2. The number of nitrogens with two attached hydrogens (primary N) is 1. The third-order valence-corrected chi connectivity index (χ3v) is 5.80. The van der Waals surface area contributed by atoms with Crippen LogP contribution in [0.1, 0.15) is 24.0 Å². The fraction of sp³-hybridized carbons (Fsp3) is 0.538. The van der Waals surface area contributed by atoms with Gasteiger partial charge in [0, 0.05) is 24.8 Å². The van der Waals surface area contributed by atoms with Crippen LogP contribution in [-0.4, -0.2) is 30.9 Å². The number of nitrogens with zero attached hydrogens (tertiary/aromatic N) is 1. The topological polar surface area (TPSA) is 63.4 Å². The van der Waals surface area contributed by atoms with E-state index in [-0.39, 0.29) is 0 Å². The maximum atomic E-state index is 11.4. The number of hydrogen-bond acceptors (Lipinski definition) is 4. The molecule has 0 aromatic heterocycles. The number of sulfone groups is 1. The average molecular weight is 266 g/mol. The van der Waals surface area contributed by atoms with Gasteiger partial charge >= 0.3 is 0 Å². The van der Waals surface area contributed by atoms with Gasteiger partial charge in [0.25, 0.3) is 0 Å². The van der Waals surface area contributed by atoms with E-state index in [1.54, 1.807) is 0 Å². The van der Waals surface area contributed by atoms with Crippen molar-refractivity contribution in [1.82, 2.24) is 4.90 Å². The minimum atomic E-state index is -2.77. The molecule has 1 aromatic carbocycles. The van der Waals surface area contributed by atoms with E-state index in [9.17, 15) is 8.42 Å². The minimum Gasteiger partial charge on any atom is -0.398 e. The average Bonchev–Trinajstić information content (AvgIpc) is 2.74. The third kappa shape index (κ3) is 2.12. The molecule has 1 saturated heterocycles. The number of rotatable bonds is 1. The van der Waals surface area contributed by atoms with Crippen LogP contribution in [0.2, 0.25) is 0 Å². The number of fused-ring (bicyclic) bond motifs is 1. The van der Waals surface area contributed by atoms with Crippen LogP contribution in [0.4, 0.5) is 5.69 Å². The number of benzene rings is 1. The molecule has 18 heavy (non-hydrogen) atoms. The Kier molecular flexibility index (Phi) is 2.83. The quantitative estimate of drug-likeness (QED) is 0.775. The molecule has 4 nitrogen and oxygen atoms in total. The molecule has 2 heterocycles. The predicted molar refractivity (Wildman–Crippen MR) is 71.8 cm³/mol. The highest BCUT2D eigenvalue weighted by Crippen LogP contribution is 2.31. The molecule has 0 atom stereocenters. The van der Waals surface area contributed by atoms with Gasteiger partial charge in [0.2, 0.25) is 0 Å². The van der Waals surface area contributed by atoms with Crippen molar-refractivity contribution in [2.75, 3.05) is 17.2 Å². The molecule has 0 amide bonds. The Bertz CT molecular complexity index is 554. The molecule has 0 radical (unpaired) electrons. The summed E-state index contributed by atoms with van der Waals surface area (Å²) >= 11 is 0. The second-order valence-electron chi connectivity index (χ2n) is 5.27. The summed E-state index contributed by atoms with van der Waals surface area (Å²) in [6.07, 6.45) is 1.52. The van der Waals surface area contributed by atoms with Gasteiger partial charge in [-0.05, 0) is 30.0 Å². The molecule has 5 heteroatoms. The van der Waals surface area contributed by atoms with Gasteiger partial charge < -0.3 is 5.73 Å². The highest BCUT2D eigenvalue weighted by Gasteiger charge is 2.31. The number of hydrogen-bond donors (Lipinski definition) is 1. The van der Waals surface area contributed by atoms with Crippen LogP contribution < -0.4 is 5.73 Å². The molecule has 0 spiro atoms. The van der Waals surface area contributed by atoms with Crippen molar-refractivity contribution in [3.8, 4) is 0 Å². The number of nitrogen functional groups attached to an aromatic ring is 1. The summed E-state index contributed by atoms with van der Waals surface area (Å²) in [7, 11) is -2.77. The number of anilines is 1. The van der Waals surface area contributed by atoms with Crippen LogP contribution in [0.25, 0.3) is 0 Å². The Balaban J connectivity index is 1.73. The van der Waals surface area contributed by atoms with Crippen molar-refractivity contribution in [2.24, 2.45) is 0 Å². The molecule has 2 N–H and O–H groups in total. The molecule has 2 aliphatic rings. The van der Waals surface area contributed by atoms with E-state index >= 15 is 0 Å². The highest BCUT2D eigenvalue weighted by molar-refractivity contribution is 7.91. The SMILES string of the molecule is Nc1cccc2c1CN(C1CCS(=O)(=O)CC1)C2. The molecular formula is C13H18N2O2S. The Hall–Kier alpha value is -1.07. The van der Waals surface area contributed by atoms with Crippen molar-refractivity contribution in [2.45, 2.75) is 32.0 Å². The zero-order valence-corrected chi connectivity index (χ0v) is 11.1. The van der Waals surface area contributed by atoms with Crippen LogP contribution in [0.5, 0.6) is 0 Å². The van der Waals surface area contributed by atoms with E-state index in [0.29, 0.717) is 17.5 Å². The summed E-state index contributed by atoms with van der Waals surface area (Å²) in [4.78, 5) is 2.37. The molecule has 0 aliphatic carbocycles. The van der Waals surface area contributed by atoms with Gasteiger partial charge in [-0.2, -0.15) is 0 Å². The monoisotopic (exact) mass is 266 g/mol. The molecule has 2 aliphatic heterocycles. The Labute approximate surface area is 108 Å². The maximum Gasteiger partial charge on any atom is 0.150 e. The summed E-state index contributed by atoms with van der Waals surface area (Å²) < 4.78 is 22.9. The van der Waals surface area contributed by atoms with Gasteiger partial charge in [0.1, 0.15) is 9.84 Å². The van der Waals surface area contributed by atoms with Crippen molar-refractivity contribution < 1.29 is 8.42 Å². The first-order chi connectivity index (χ1) is 8.55. The smallest absolute Gasteiger partial charge is 0.150 e. The fourth-order valence-electron chi connectivity index (χ4n) is 2.97. The summed E-state index contributed by atoms with van der Waals surface area (Å²) in [5.74, 6) is 0.667. The van der Waals surface area contributed by atoms with Crippen LogP contribution >= 0.6 is 0 Å².